The van der Waals surface area contributed by atoms with E-state index < -0.39 is 47.8 Å². The van der Waals surface area contributed by atoms with Crippen molar-refractivity contribution in [2.24, 2.45) is 5.92 Å². The number of aliphatic carboxylic acids is 1. The van der Waals surface area contributed by atoms with Crippen LogP contribution in [0.1, 0.15) is 33.6 Å². The molecule has 0 saturated carbocycles. The largest absolute Gasteiger partial charge is 0.481 e. The molecule has 1 aliphatic rings. The predicted octanol–water partition coefficient (Wildman–Crippen LogP) is 2.86. The Bertz CT molecular complexity index is 451. The number of carboxylic acids is 1. The fourth-order valence-corrected chi connectivity index (χ4v) is 2.01. The van der Waals surface area contributed by atoms with Crippen LogP contribution in [0.15, 0.2) is 11.6 Å². The first-order valence-corrected chi connectivity index (χ1v) is 6.38. The van der Waals surface area contributed by atoms with Crippen molar-refractivity contribution >= 4 is 12.1 Å². The van der Waals surface area contributed by atoms with Gasteiger partial charge in [-0.1, -0.05) is 6.08 Å². The number of carboxylic acid groups (broad SMARTS) is 1. The molecule has 0 aromatic heterocycles. The monoisotopic (exact) mass is 309 g/mol. The van der Waals surface area contributed by atoms with Crippen LogP contribution < -0.4 is 5.32 Å². The maximum Gasteiger partial charge on any atom is 0.412 e. The zero-order chi connectivity index (χ0) is 16.4. The van der Waals surface area contributed by atoms with E-state index in [1.54, 1.807) is 20.8 Å². The third-order valence-electron chi connectivity index (χ3n) is 2.93. The van der Waals surface area contributed by atoms with Crippen LogP contribution >= 0.6 is 0 Å². The summed E-state index contributed by atoms with van der Waals surface area (Å²) in [5.41, 5.74) is -1.65. The van der Waals surface area contributed by atoms with Crippen LogP contribution in [0.2, 0.25) is 0 Å². The molecular weight excluding hydrogens is 291 g/mol. The molecular formula is C13H18F3NO4. The first kappa shape index (κ1) is 17.3. The van der Waals surface area contributed by atoms with Gasteiger partial charge in [0.2, 0.25) is 0 Å². The van der Waals surface area contributed by atoms with Gasteiger partial charge in [0.05, 0.1) is 5.92 Å². The van der Waals surface area contributed by atoms with Gasteiger partial charge in [-0.05, 0) is 33.6 Å². The van der Waals surface area contributed by atoms with Gasteiger partial charge in [0.25, 0.3) is 0 Å². The zero-order valence-electron chi connectivity index (χ0n) is 12.0. The summed E-state index contributed by atoms with van der Waals surface area (Å²) in [5, 5.41) is 11.4. The molecule has 0 unspecified atom stereocenters. The third-order valence-corrected chi connectivity index (χ3v) is 2.93. The van der Waals surface area contributed by atoms with Crippen LogP contribution in [-0.2, 0) is 9.53 Å². The van der Waals surface area contributed by atoms with Gasteiger partial charge >= 0.3 is 18.2 Å². The highest BCUT2D eigenvalue weighted by Crippen LogP contribution is 2.36. The minimum Gasteiger partial charge on any atom is -0.481 e. The molecule has 1 aliphatic carbocycles. The van der Waals surface area contributed by atoms with Crippen molar-refractivity contribution in [1.82, 2.24) is 5.32 Å². The van der Waals surface area contributed by atoms with Crippen molar-refractivity contribution in [2.75, 3.05) is 0 Å². The number of alkyl carbamates (subject to hydrolysis) is 1. The molecule has 0 fully saturated rings. The summed E-state index contributed by atoms with van der Waals surface area (Å²) >= 11 is 0. The summed E-state index contributed by atoms with van der Waals surface area (Å²) < 4.78 is 42.8. The lowest BCUT2D eigenvalue weighted by Crippen LogP contribution is -2.47. The minimum absolute atomic E-state index is 0.203. The zero-order valence-corrected chi connectivity index (χ0v) is 12.0. The van der Waals surface area contributed by atoms with E-state index in [1.807, 2.05) is 0 Å². The molecule has 2 N–H and O–H groups in total. The quantitative estimate of drug-likeness (QED) is 0.769. The summed E-state index contributed by atoms with van der Waals surface area (Å²) in [5.74, 6) is -2.72. The molecule has 1 amide bonds. The number of carbonyl (C=O) groups is 2. The van der Waals surface area contributed by atoms with Crippen molar-refractivity contribution in [2.45, 2.75) is 51.4 Å². The smallest absolute Gasteiger partial charge is 0.412 e. The predicted molar refractivity (Wildman–Crippen MR) is 67.7 cm³/mol. The van der Waals surface area contributed by atoms with Gasteiger partial charge in [-0.3, -0.25) is 4.79 Å². The normalized spacial score (nSPS) is 23.2. The van der Waals surface area contributed by atoms with E-state index in [0.717, 1.165) is 6.08 Å². The number of nitrogens with one attached hydrogen (secondary N) is 1. The van der Waals surface area contributed by atoms with Gasteiger partial charge in [-0.2, -0.15) is 13.2 Å². The van der Waals surface area contributed by atoms with Crippen LogP contribution in [0.5, 0.6) is 0 Å². The average Bonchev–Trinajstić information content (AvgIpc) is 2.24. The van der Waals surface area contributed by atoms with E-state index in [1.165, 1.54) is 0 Å². The van der Waals surface area contributed by atoms with Gasteiger partial charge in [0.15, 0.2) is 0 Å². The highest BCUT2D eigenvalue weighted by molar-refractivity contribution is 5.74. The molecule has 120 valence electrons. The van der Waals surface area contributed by atoms with Gasteiger partial charge in [0.1, 0.15) is 5.60 Å². The molecule has 0 spiro atoms. The molecule has 0 aromatic carbocycles. The van der Waals surface area contributed by atoms with Crippen LogP contribution in [0.4, 0.5) is 18.0 Å². The molecule has 21 heavy (non-hydrogen) atoms. The van der Waals surface area contributed by atoms with Crippen molar-refractivity contribution in [3.63, 3.8) is 0 Å². The number of hydrogen-bond donors (Lipinski definition) is 2. The van der Waals surface area contributed by atoms with Crippen LogP contribution in [-0.4, -0.2) is 35.0 Å². The fourth-order valence-electron chi connectivity index (χ4n) is 2.01. The molecule has 0 aromatic rings. The Hall–Kier alpha value is -1.73. The average molecular weight is 309 g/mol. The number of carbonyl (C=O) groups excluding carboxylic acids is 1. The maximum absolute atomic E-state index is 12.6. The topological polar surface area (TPSA) is 75.6 Å². The van der Waals surface area contributed by atoms with Crippen molar-refractivity contribution in [3.8, 4) is 0 Å². The number of alkyl halides is 3. The van der Waals surface area contributed by atoms with Gasteiger partial charge < -0.3 is 15.2 Å². The van der Waals surface area contributed by atoms with E-state index in [2.05, 4.69) is 5.32 Å². The Balaban J connectivity index is 2.80. The number of rotatable bonds is 2. The lowest BCUT2D eigenvalue weighted by Gasteiger charge is -2.30. The van der Waals surface area contributed by atoms with Crippen LogP contribution in [0.3, 0.4) is 0 Å². The Kier molecular flexibility index (Phi) is 4.91. The van der Waals surface area contributed by atoms with Crippen molar-refractivity contribution < 1.29 is 32.6 Å². The SMILES string of the molecule is CC(C)(C)OC(=O)N[C@H]1CC=C(C(F)(F)F)C[C@@H]1C(=O)O. The molecule has 0 bridgehead atoms. The summed E-state index contributed by atoms with van der Waals surface area (Å²) in [6.07, 6.45) is -5.35. The highest BCUT2D eigenvalue weighted by atomic mass is 19.4. The Morgan fingerprint density at radius 3 is 2.33 bits per heavy atom. The van der Waals surface area contributed by atoms with E-state index in [0.29, 0.717) is 0 Å². The van der Waals surface area contributed by atoms with Crippen LogP contribution in [0, 0.1) is 5.92 Å². The minimum atomic E-state index is -4.55. The van der Waals surface area contributed by atoms with E-state index in [-0.39, 0.29) is 6.42 Å². The highest BCUT2D eigenvalue weighted by Gasteiger charge is 2.42. The van der Waals surface area contributed by atoms with E-state index >= 15 is 0 Å². The van der Waals surface area contributed by atoms with Crippen molar-refractivity contribution in [1.29, 1.82) is 0 Å². The third kappa shape index (κ3) is 5.28. The molecule has 8 heteroatoms. The first-order chi connectivity index (χ1) is 9.40. The van der Waals surface area contributed by atoms with Crippen molar-refractivity contribution in [3.05, 3.63) is 11.6 Å². The number of hydrogen-bond acceptors (Lipinski definition) is 3. The van der Waals surface area contributed by atoms with Gasteiger partial charge in [-0.15, -0.1) is 0 Å². The summed E-state index contributed by atoms with van der Waals surface area (Å²) in [4.78, 5) is 22.7. The Morgan fingerprint density at radius 2 is 1.90 bits per heavy atom. The summed E-state index contributed by atoms with van der Waals surface area (Å²) in [6.45, 7) is 4.89. The number of halogens is 3. The number of allylic oxidation sites excluding steroid dienone is 1. The number of ether oxygens (including phenoxy) is 1. The lowest BCUT2D eigenvalue weighted by atomic mass is 9.84. The van der Waals surface area contributed by atoms with E-state index in [4.69, 9.17) is 9.84 Å². The molecule has 0 saturated heterocycles. The molecule has 0 radical (unpaired) electrons. The molecule has 0 aliphatic heterocycles. The lowest BCUT2D eigenvalue weighted by molar-refractivity contribution is -0.144. The molecule has 0 heterocycles. The molecule has 5 nitrogen and oxygen atoms in total. The second-order valence-electron chi connectivity index (χ2n) is 5.86. The van der Waals surface area contributed by atoms with Gasteiger partial charge in [0, 0.05) is 11.6 Å². The number of amides is 1. The maximum atomic E-state index is 12.6. The summed E-state index contributed by atoms with van der Waals surface area (Å²) in [6, 6.07) is -0.927. The molecule has 1 rings (SSSR count). The summed E-state index contributed by atoms with van der Waals surface area (Å²) in [7, 11) is 0. The fraction of sp³-hybridized carbons (Fsp3) is 0.692. The molecule has 2 atom stereocenters. The van der Waals surface area contributed by atoms with Crippen LogP contribution in [0.25, 0.3) is 0 Å². The van der Waals surface area contributed by atoms with Gasteiger partial charge in [-0.25, -0.2) is 4.79 Å². The first-order valence-electron chi connectivity index (χ1n) is 6.38. The second kappa shape index (κ2) is 5.95. The Labute approximate surface area is 120 Å². The Morgan fingerprint density at radius 1 is 1.33 bits per heavy atom. The standard InChI is InChI=1S/C13H18F3NO4/c1-12(2,3)21-11(20)17-9-5-4-7(13(14,15)16)6-8(9)10(18)19/h4,8-9H,5-6H2,1-3H3,(H,17,20)(H,18,19)/t8-,9-/m0/s1. The van der Waals surface area contributed by atoms with E-state index in [9.17, 15) is 22.8 Å². The second-order valence-corrected chi connectivity index (χ2v) is 5.86.